The van der Waals surface area contributed by atoms with Crippen LogP contribution in [0.3, 0.4) is 0 Å². The van der Waals surface area contributed by atoms with E-state index in [-0.39, 0.29) is 12.5 Å². The summed E-state index contributed by atoms with van der Waals surface area (Å²) in [6.07, 6.45) is 0.983. The highest BCUT2D eigenvalue weighted by Gasteiger charge is 2.14. The Labute approximate surface area is 185 Å². The third-order valence-electron chi connectivity index (χ3n) is 5.19. The van der Waals surface area contributed by atoms with Crippen LogP contribution in [-0.2, 0) is 11.3 Å². The van der Waals surface area contributed by atoms with Crippen molar-refractivity contribution in [1.82, 2.24) is 9.80 Å². The number of hydrogen-bond acceptors (Lipinski definition) is 4. The fraction of sp³-hybridized carbons (Fsp3) is 0.417. The van der Waals surface area contributed by atoms with E-state index in [0.717, 1.165) is 43.7 Å². The van der Waals surface area contributed by atoms with Crippen molar-refractivity contribution in [2.75, 3.05) is 38.0 Å². The summed E-state index contributed by atoms with van der Waals surface area (Å²) in [5.74, 6) is -0.0808. The van der Waals surface area contributed by atoms with Gasteiger partial charge in [-0.25, -0.2) is 0 Å². The fourth-order valence-corrected chi connectivity index (χ4v) is 3.66. The van der Waals surface area contributed by atoms with Gasteiger partial charge in [-0.15, -0.1) is 0 Å². The molecule has 1 N–H and O–H groups in total. The van der Waals surface area contributed by atoms with Gasteiger partial charge in [0.2, 0.25) is 5.91 Å². The molecular formula is C24H31ClN4O. The Morgan fingerprint density at radius 3 is 2.33 bits per heavy atom. The highest BCUT2D eigenvalue weighted by Crippen LogP contribution is 2.25. The molecule has 0 unspecified atom stereocenters. The van der Waals surface area contributed by atoms with Crippen molar-refractivity contribution < 1.29 is 4.79 Å². The lowest BCUT2D eigenvalue weighted by Gasteiger charge is -2.24. The average molecular weight is 427 g/mol. The van der Waals surface area contributed by atoms with Crippen molar-refractivity contribution in [2.24, 2.45) is 0 Å². The molecule has 0 saturated heterocycles. The molecule has 0 aliphatic heterocycles. The second kappa shape index (κ2) is 12.3. The molecule has 0 saturated carbocycles. The standard InChI is InChI=1S/C24H31ClN4O/c1-4-28(5-2)14-7-15-29(17-21-12-10-20(16-26)11-13-21)18-23(30)27-24-19(3)8-6-9-22(24)25/h6,8-13H,4-5,7,14-15,17-18H2,1-3H3,(H,27,30). The number of anilines is 1. The van der Waals surface area contributed by atoms with Crippen molar-refractivity contribution in [2.45, 2.75) is 33.7 Å². The van der Waals surface area contributed by atoms with Gasteiger partial charge >= 0.3 is 0 Å². The van der Waals surface area contributed by atoms with Crippen molar-refractivity contribution in [3.05, 3.63) is 64.2 Å². The van der Waals surface area contributed by atoms with Gasteiger partial charge < -0.3 is 10.2 Å². The van der Waals surface area contributed by atoms with E-state index >= 15 is 0 Å². The number of nitrogens with one attached hydrogen (secondary N) is 1. The Balaban J connectivity index is 2.05. The monoisotopic (exact) mass is 426 g/mol. The van der Waals surface area contributed by atoms with Gasteiger partial charge in [-0.1, -0.05) is 49.7 Å². The number of halogens is 1. The molecule has 0 aliphatic carbocycles. The van der Waals surface area contributed by atoms with Gasteiger partial charge in [0, 0.05) is 13.1 Å². The van der Waals surface area contributed by atoms with Crippen LogP contribution in [0.5, 0.6) is 0 Å². The number of benzene rings is 2. The lowest BCUT2D eigenvalue weighted by atomic mass is 10.1. The maximum Gasteiger partial charge on any atom is 0.238 e. The van der Waals surface area contributed by atoms with Crippen LogP contribution in [0.1, 0.15) is 37.0 Å². The first-order valence-electron chi connectivity index (χ1n) is 10.5. The van der Waals surface area contributed by atoms with Gasteiger partial charge in [-0.05, 0) is 62.3 Å². The van der Waals surface area contributed by atoms with E-state index in [1.807, 2.05) is 43.3 Å². The van der Waals surface area contributed by atoms with E-state index in [0.29, 0.717) is 22.8 Å². The minimum absolute atomic E-state index is 0.0808. The van der Waals surface area contributed by atoms with Crippen LogP contribution >= 0.6 is 11.6 Å². The molecule has 2 rings (SSSR count). The number of amides is 1. The zero-order chi connectivity index (χ0) is 21.9. The zero-order valence-electron chi connectivity index (χ0n) is 18.1. The molecule has 160 valence electrons. The predicted octanol–water partition coefficient (Wildman–Crippen LogP) is 4.69. The highest BCUT2D eigenvalue weighted by molar-refractivity contribution is 6.33. The first kappa shape index (κ1) is 23.9. The van der Waals surface area contributed by atoms with Crippen molar-refractivity contribution in [3.8, 4) is 6.07 Å². The average Bonchev–Trinajstić information content (AvgIpc) is 2.74. The molecule has 0 radical (unpaired) electrons. The summed E-state index contributed by atoms with van der Waals surface area (Å²) in [6, 6.07) is 15.3. The summed E-state index contributed by atoms with van der Waals surface area (Å²) < 4.78 is 0. The number of aryl methyl sites for hydroxylation is 1. The van der Waals surface area contributed by atoms with Crippen LogP contribution in [0.15, 0.2) is 42.5 Å². The second-order valence-corrected chi connectivity index (χ2v) is 7.79. The first-order chi connectivity index (χ1) is 14.5. The Morgan fingerprint density at radius 1 is 1.07 bits per heavy atom. The third-order valence-corrected chi connectivity index (χ3v) is 5.50. The van der Waals surface area contributed by atoms with E-state index in [2.05, 4.69) is 35.0 Å². The summed E-state index contributed by atoms with van der Waals surface area (Å²) in [6.45, 7) is 11.1. The quantitative estimate of drug-likeness (QED) is 0.566. The summed E-state index contributed by atoms with van der Waals surface area (Å²) in [5.41, 5.74) is 3.33. The van der Waals surface area contributed by atoms with Gasteiger partial charge in [-0.3, -0.25) is 9.69 Å². The molecule has 2 aromatic carbocycles. The number of nitrogens with zero attached hydrogens (tertiary/aromatic N) is 3. The Bertz CT molecular complexity index is 836. The van der Waals surface area contributed by atoms with Crippen LogP contribution in [0.4, 0.5) is 5.69 Å². The van der Waals surface area contributed by atoms with E-state index in [1.165, 1.54) is 0 Å². The maximum absolute atomic E-state index is 12.8. The van der Waals surface area contributed by atoms with Gasteiger partial charge in [-0.2, -0.15) is 5.26 Å². The Hall–Kier alpha value is -2.39. The normalized spacial score (nSPS) is 11.0. The van der Waals surface area contributed by atoms with Crippen LogP contribution in [0, 0.1) is 18.3 Å². The topological polar surface area (TPSA) is 59.4 Å². The van der Waals surface area contributed by atoms with Crippen molar-refractivity contribution >= 4 is 23.2 Å². The molecule has 0 aromatic heterocycles. The van der Waals surface area contributed by atoms with Gasteiger partial charge in [0.15, 0.2) is 0 Å². The minimum Gasteiger partial charge on any atom is -0.323 e. The molecular weight excluding hydrogens is 396 g/mol. The van der Waals surface area contributed by atoms with Gasteiger partial charge in [0.1, 0.15) is 0 Å². The highest BCUT2D eigenvalue weighted by atomic mass is 35.5. The maximum atomic E-state index is 12.8. The number of carbonyl (C=O) groups is 1. The van der Waals surface area contributed by atoms with E-state index < -0.39 is 0 Å². The third kappa shape index (κ3) is 7.46. The summed E-state index contributed by atoms with van der Waals surface area (Å²) in [4.78, 5) is 17.3. The van der Waals surface area contributed by atoms with Crippen LogP contribution in [-0.4, -0.2) is 48.4 Å². The number of hydrogen-bond donors (Lipinski definition) is 1. The first-order valence-corrected chi connectivity index (χ1v) is 10.8. The van der Waals surface area contributed by atoms with Gasteiger partial charge in [0.05, 0.1) is 28.9 Å². The van der Waals surface area contributed by atoms with Crippen LogP contribution in [0.2, 0.25) is 5.02 Å². The fourth-order valence-electron chi connectivity index (χ4n) is 3.39. The van der Waals surface area contributed by atoms with Gasteiger partial charge in [0.25, 0.3) is 0 Å². The molecule has 0 bridgehead atoms. The predicted molar refractivity (Wildman–Crippen MR) is 124 cm³/mol. The molecule has 0 aliphatic rings. The molecule has 6 heteroatoms. The number of para-hydroxylation sites is 1. The SMILES string of the molecule is CCN(CC)CCCN(CC(=O)Nc1c(C)cccc1Cl)Cc1ccc(C#N)cc1. The van der Waals surface area contributed by atoms with Crippen molar-refractivity contribution in [3.63, 3.8) is 0 Å². The number of carbonyl (C=O) groups excluding carboxylic acids is 1. The summed E-state index contributed by atoms with van der Waals surface area (Å²) in [7, 11) is 0. The van der Waals surface area contributed by atoms with Crippen LogP contribution in [0.25, 0.3) is 0 Å². The molecule has 1 amide bonds. The molecule has 5 nitrogen and oxygen atoms in total. The summed E-state index contributed by atoms with van der Waals surface area (Å²) >= 11 is 6.26. The molecule has 0 atom stereocenters. The Morgan fingerprint density at radius 2 is 1.73 bits per heavy atom. The van der Waals surface area contributed by atoms with E-state index in [4.69, 9.17) is 16.9 Å². The Kier molecular flexibility index (Phi) is 9.82. The molecule has 30 heavy (non-hydrogen) atoms. The smallest absolute Gasteiger partial charge is 0.238 e. The van der Waals surface area contributed by atoms with Crippen LogP contribution < -0.4 is 5.32 Å². The number of rotatable bonds is 11. The van der Waals surface area contributed by atoms with E-state index in [9.17, 15) is 4.79 Å². The molecule has 0 spiro atoms. The largest absolute Gasteiger partial charge is 0.323 e. The lowest BCUT2D eigenvalue weighted by Crippen LogP contribution is -2.35. The second-order valence-electron chi connectivity index (χ2n) is 7.38. The molecule has 0 heterocycles. The minimum atomic E-state index is -0.0808. The molecule has 2 aromatic rings. The lowest BCUT2D eigenvalue weighted by molar-refractivity contribution is -0.117. The summed E-state index contributed by atoms with van der Waals surface area (Å²) in [5, 5.41) is 12.5. The zero-order valence-corrected chi connectivity index (χ0v) is 18.9. The van der Waals surface area contributed by atoms with E-state index in [1.54, 1.807) is 6.07 Å². The molecule has 0 fully saturated rings. The number of nitriles is 1. The van der Waals surface area contributed by atoms with Crippen molar-refractivity contribution in [1.29, 1.82) is 5.26 Å².